The first-order chi connectivity index (χ1) is 9.38. The predicted molar refractivity (Wildman–Crippen MR) is 83.4 cm³/mol. The largest absolute Gasteiger partial charge is 0.397 e. The molecule has 20 heavy (non-hydrogen) atoms. The lowest BCUT2D eigenvalue weighted by Crippen LogP contribution is -2.18. The maximum absolute atomic E-state index is 12.4. The van der Waals surface area contributed by atoms with Gasteiger partial charge < -0.3 is 15.6 Å². The van der Waals surface area contributed by atoms with E-state index in [1.165, 1.54) is 0 Å². The number of nitrogen functional groups attached to an aromatic ring is 1. The fraction of sp³-hybridized carbons (Fsp3) is 0.267. The molecule has 0 radical (unpaired) electrons. The monoisotopic (exact) mass is 291 g/mol. The number of carbonyl (C=O) groups is 1. The molecule has 3 N–H and O–H groups in total. The van der Waals surface area contributed by atoms with E-state index in [-0.39, 0.29) is 11.9 Å². The van der Waals surface area contributed by atoms with E-state index in [1.54, 1.807) is 24.4 Å². The van der Waals surface area contributed by atoms with Crippen LogP contribution in [0.25, 0.3) is 0 Å². The number of anilines is 2. The van der Waals surface area contributed by atoms with Crippen molar-refractivity contribution < 1.29 is 4.79 Å². The van der Waals surface area contributed by atoms with Gasteiger partial charge in [-0.2, -0.15) is 0 Å². The van der Waals surface area contributed by atoms with Gasteiger partial charge in [-0.05, 0) is 44.5 Å². The van der Waals surface area contributed by atoms with Gasteiger partial charge in [0.05, 0.1) is 5.69 Å². The Bertz CT molecular complexity index is 647. The predicted octanol–water partition coefficient (Wildman–Crippen LogP) is 3.87. The van der Waals surface area contributed by atoms with Crippen molar-refractivity contribution in [2.75, 3.05) is 11.1 Å². The summed E-state index contributed by atoms with van der Waals surface area (Å²) in [6.07, 6.45) is 1.77. The summed E-state index contributed by atoms with van der Waals surface area (Å²) in [7, 11) is 0. The van der Waals surface area contributed by atoms with Crippen LogP contribution in [0, 0.1) is 6.92 Å². The van der Waals surface area contributed by atoms with E-state index in [9.17, 15) is 4.79 Å². The molecule has 5 heteroatoms. The number of nitrogens with zero attached hydrogens (tertiary/aromatic N) is 1. The van der Waals surface area contributed by atoms with Crippen LogP contribution in [0.1, 0.15) is 35.9 Å². The number of benzene rings is 1. The molecule has 1 aromatic carbocycles. The second-order valence-electron chi connectivity index (χ2n) is 5.07. The zero-order valence-electron chi connectivity index (χ0n) is 11.8. The zero-order valence-corrected chi connectivity index (χ0v) is 12.5. The van der Waals surface area contributed by atoms with Crippen LogP contribution >= 0.6 is 11.6 Å². The number of hydrogen-bond donors (Lipinski definition) is 2. The molecule has 1 heterocycles. The number of rotatable bonds is 3. The van der Waals surface area contributed by atoms with Crippen LogP contribution in [0.2, 0.25) is 5.02 Å². The van der Waals surface area contributed by atoms with Gasteiger partial charge in [0.1, 0.15) is 5.69 Å². The fourth-order valence-corrected chi connectivity index (χ4v) is 2.20. The molecule has 0 bridgehead atoms. The molecule has 1 aromatic heterocycles. The number of hydrogen-bond acceptors (Lipinski definition) is 2. The van der Waals surface area contributed by atoms with E-state index < -0.39 is 0 Å². The van der Waals surface area contributed by atoms with E-state index in [4.69, 9.17) is 17.3 Å². The smallest absolute Gasteiger partial charge is 0.272 e. The van der Waals surface area contributed by atoms with Gasteiger partial charge in [0.2, 0.25) is 0 Å². The molecule has 1 amide bonds. The number of carbonyl (C=O) groups excluding carboxylic acids is 1. The Morgan fingerprint density at radius 1 is 1.35 bits per heavy atom. The first-order valence-electron chi connectivity index (χ1n) is 6.43. The topological polar surface area (TPSA) is 60.1 Å². The first-order valence-corrected chi connectivity index (χ1v) is 6.81. The molecular weight excluding hydrogens is 274 g/mol. The number of nitrogens with two attached hydrogens (primary N) is 1. The lowest BCUT2D eigenvalue weighted by atomic mass is 10.2. The molecule has 2 aromatic rings. The summed E-state index contributed by atoms with van der Waals surface area (Å²) in [5.74, 6) is -0.194. The van der Waals surface area contributed by atoms with Gasteiger partial charge in [-0.15, -0.1) is 0 Å². The van der Waals surface area contributed by atoms with Crippen molar-refractivity contribution in [3.05, 3.63) is 46.7 Å². The van der Waals surface area contributed by atoms with Gasteiger partial charge >= 0.3 is 0 Å². The molecule has 0 saturated carbocycles. The molecule has 106 valence electrons. The third-order valence-corrected chi connectivity index (χ3v) is 3.34. The zero-order chi connectivity index (χ0) is 14.9. The third kappa shape index (κ3) is 2.96. The third-order valence-electron chi connectivity index (χ3n) is 3.11. The summed E-state index contributed by atoms with van der Waals surface area (Å²) in [4.78, 5) is 12.4. The Morgan fingerprint density at radius 3 is 2.70 bits per heavy atom. The van der Waals surface area contributed by atoms with Crippen LogP contribution < -0.4 is 11.1 Å². The van der Waals surface area contributed by atoms with Crippen molar-refractivity contribution in [3.8, 4) is 0 Å². The van der Waals surface area contributed by atoms with Gasteiger partial charge in [-0.1, -0.05) is 17.7 Å². The number of aryl methyl sites for hydroxylation is 1. The van der Waals surface area contributed by atoms with Gasteiger partial charge in [0.25, 0.3) is 5.91 Å². The van der Waals surface area contributed by atoms with Crippen molar-refractivity contribution in [2.24, 2.45) is 0 Å². The van der Waals surface area contributed by atoms with E-state index in [0.717, 1.165) is 5.56 Å². The molecule has 2 rings (SSSR count). The Kier molecular flexibility index (Phi) is 4.04. The highest BCUT2D eigenvalue weighted by Crippen LogP contribution is 2.22. The molecule has 0 spiro atoms. The summed E-state index contributed by atoms with van der Waals surface area (Å²) in [5, 5.41) is 3.46. The van der Waals surface area contributed by atoms with Crippen molar-refractivity contribution in [1.29, 1.82) is 0 Å². The van der Waals surface area contributed by atoms with Crippen LogP contribution in [0.4, 0.5) is 11.4 Å². The summed E-state index contributed by atoms with van der Waals surface area (Å²) < 4.78 is 1.85. The maximum Gasteiger partial charge on any atom is 0.272 e. The van der Waals surface area contributed by atoms with E-state index in [2.05, 4.69) is 5.32 Å². The number of amides is 1. The van der Waals surface area contributed by atoms with Crippen LogP contribution in [0.3, 0.4) is 0 Å². The highest BCUT2D eigenvalue weighted by Gasteiger charge is 2.15. The molecule has 0 saturated heterocycles. The lowest BCUT2D eigenvalue weighted by Gasteiger charge is -2.13. The minimum Gasteiger partial charge on any atom is -0.397 e. The quantitative estimate of drug-likeness (QED) is 0.902. The van der Waals surface area contributed by atoms with Crippen molar-refractivity contribution in [2.45, 2.75) is 26.8 Å². The van der Waals surface area contributed by atoms with E-state index in [0.29, 0.717) is 22.1 Å². The van der Waals surface area contributed by atoms with Crippen molar-refractivity contribution in [1.82, 2.24) is 4.57 Å². The number of aromatic nitrogens is 1. The number of halogens is 1. The van der Waals surface area contributed by atoms with Crippen LogP contribution in [-0.4, -0.2) is 10.5 Å². The van der Waals surface area contributed by atoms with Crippen molar-refractivity contribution in [3.63, 3.8) is 0 Å². The molecular formula is C15H18ClN3O. The Labute approximate surface area is 123 Å². The summed E-state index contributed by atoms with van der Waals surface area (Å²) in [6, 6.07) is 7.24. The van der Waals surface area contributed by atoms with Crippen LogP contribution in [0.5, 0.6) is 0 Å². The Balaban J connectivity index is 2.31. The summed E-state index contributed by atoms with van der Waals surface area (Å²) >= 11 is 5.96. The van der Waals surface area contributed by atoms with Gasteiger partial charge in [0, 0.05) is 22.9 Å². The maximum atomic E-state index is 12.4. The average molecular weight is 292 g/mol. The molecule has 0 fully saturated rings. The Hall–Kier alpha value is -1.94. The average Bonchev–Trinajstić information content (AvgIpc) is 2.76. The van der Waals surface area contributed by atoms with Gasteiger partial charge in [-0.25, -0.2) is 0 Å². The standard InChI is InChI=1S/C15H18ClN3O/c1-9(2)19-8-12(17)7-14(19)15(20)18-13-6-11(16)5-4-10(13)3/h4-9H,17H2,1-3H3,(H,18,20). The molecule has 0 aliphatic heterocycles. The normalized spacial score (nSPS) is 10.8. The summed E-state index contributed by atoms with van der Waals surface area (Å²) in [6.45, 7) is 5.92. The highest BCUT2D eigenvalue weighted by atomic mass is 35.5. The highest BCUT2D eigenvalue weighted by molar-refractivity contribution is 6.31. The minimum atomic E-state index is -0.194. The fourth-order valence-electron chi connectivity index (χ4n) is 2.03. The second kappa shape index (κ2) is 5.59. The Morgan fingerprint density at radius 2 is 2.05 bits per heavy atom. The minimum absolute atomic E-state index is 0.161. The van der Waals surface area contributed by atoms with Crippen LogP contribution in [0.15, 0.2) is 30.5 Å². The van der Waals surface area contributed by atoms with Crippen LogP contribution in [-0.2, 0) is 0 Å². The lowest BCUT2D eigenvalue weighted by molar-refractivity contribution is 0.101. The van der Waals surface area contributed by atoms with E-state index in [1.807, 2.05) is 31.4 Å². The van der Waals surface area contributed by atoms with Crippen molar-refractivity contribution >= 4 is 28.9 Å². The first kappa shape index (κ1) is 14.5. The van der Waals surface area contributed by atoms with Gasteiger partial charge in [-0.3, -0.25) is 4.79 Å². The molecule has 0 atom stereocenters. The summed E-state index contributed by atoms with van der Waals surface area (Å²) in [5.41, 5.74) is 8.56. The van der Waals surface area contributed by atoms with Gasteiger partial charge in [0.15, 0.2) is 0 Å². The van der Waals surface area contributed by atoms with E-state index >= 15 is 0 Å². The molecule has 0 aliphatic rings. The molecule has 0 aliphatic carbocycles. The SMILES string of the molecule is Cc1ccc(Cl)cc1NC(=O)c1cc(N)cn1C(C)C. The molecule has 4 nitrogen and oxygen atoms in total. The number of nitrogens with one attached hydrogen (secondary N) is 1. The second-order valence-corrected chi connectivity index (χ2v) is 5.51. The molecule has 0 unspecified atom stereocenters.